The minimum absolute atomic E-state index is 0.00461. The molecule has 0 aromatic heterocycles. The van der Waals surface area contributed by atoms with Crippen molar-refractivity contribution in [3.05, 3.63) is 65.5 Å². The Kier molecular flexibility index (Phi) is 5.92. The minimum atomic E-state index is -3.88. The van der Waals surface area contributed by atoms with Gasteiger partial charge in [0.05, 0.1) is 11.5 Å². The Labute approximate surface area is 158 Å². The zero-order valence-electron chi connectivity index (χ0n) is 15.0. The summed E-state index contributed by atoms with van der Waals surface area (Å²) in [5.74, 6) is -0.525. The van der Waals surface area contributed by atoms with Crippen LogP contribution in [0.1, 0.15) is 23.5 Å². The Morgan fingerprint density at radius 2 is 1.81 bits per heavy atom. The molecule has 27 heavy (non-hydrogen) atoms. The Morgan fingerprint density at radius 3 is 2.44 bits per heavy atom. The maximum Gasteiger partial charge on any atom is 0.296 e. The van der Waals surface area contributed by atoms with Crippen molar-refractivity contribution in [2.24, 2.45) is 5.92 Å². The first kappa shape index (κ1) is 19.5. The first-order chi connectivity index (χ1) is 12.9. The lowest BCUT2D eigenvalue weighted by Crippen LogP contribution is -2.41. The van der Waals surface area contributed by atoms with E-state index in [0.29, 0.717) is 19.5 Å². The number of carbonyl (C=O) groups is 1. The zero-order chi connectivity index (χ0) is 19.4. The summed E-state index contributed by atoms with van der Waals surface area (Å²) in [6, 6.07) is 12.7. The van der Waals surface area contributed by atoms with Crippen LogP contribution in [-0.2, 0) is 19.1 Å². The van der Waals surface area contributed by atoms with Gasteiger partial charge < -0.3 is 4.90 Å². The summed E-state index contributed by atoms with van der Waals surface area (Å²) in [5.41, 5.74) is 1.88. The van der Waals surface area contributed by atoms with Crippen molar-refractivity contribution in [3.63, 3.8) is 0 Å². The van der Waals surface area contributed by atoms with E-state index in [1.165, 1.54) is 24.3 Å². The number of likely N-dealkylation sites (tertiary alicyclic amines) is 1. The molecule has 1 saturated heterocycles. The Bertz CT molecular complexity index is 881. The van der Waals surface area contributed by atoms with Crippen LogP contribution in [0.4, 0.5) is 4.39 Å². The minimum Gasteiger partial charge on any atom is -0.345 e. The van der Waals surface area contributed by atoms with Gasteiger partial charge in [-0.3, -0.25) is 8.98 Å². The molecule has 0 saturated carbocycles. The number of nitrogens with zero attached hydrogens (tertiary/aromatic N) is 1. The Morgan fingerprint density at radius 1 is 1.15 bits per heavy atom. The summed E-state index contributed by atoms with van der Waals surface area (Å²) >= 11 is 0. The second kappa shape index (κ2) is 8.19. The largest absolute Gasteiger partial charge is 0.345 e. The number of aryl methyl sites for hydroxylation is 1. The summed E-state index contributed by atoms with van der Waals surface area (Å²) in [4.78, 5) is 12.9. The Hall–Kier alpha value is -2.25. The van der Waals surface area contributed by atoms with E-state index >= 15 is 0 Å². The molecule has 0 radical (unpaired) electrons. The van der Waals surface area contributed by atoms with Crippen LogP contribution in [0.25, 0.3) is 0 Å². The highest BCUT2D eigenvalue weighted by molar-refractivity contribution is 7.86. The molecule has 0 spiro atoms. The molecule has 1 aliphatic heterocycles. The normalized spacial score (nSPS) is 20.4. The van der Waals surface area contributed by atoms with Gasteiger partial charge in [0.2, 0.25) is 6.41 Å². The molecule has 1 aliphatic rings. The summed E-state index contributed by atoms with van der Waals surface area (Å²) in [6.45, 7) is 2.81. The third kappa shape index (κ3) is 4.73. The maximum atomic E-state index is 13.2. The van der Waals surface area contributed by atoms with Crippen LogP contribution in [0.2, 0.25) is 0 Å². The highest BCUT2D eigenvalue weighted by Gasteiger charge is 2.31. The van der Waals surface area contributed by atoms with Crippen molar-refractivity contribution in [2.75, 3.05) is 19.7 Å². The molecule has 0 N–H and O–H groups in total. The number of benzene rings is 2. The van der Waals surface area contributed by atoms with Crippen molar-refractivity contribution in [2.45, 2.75) is 24.2 Å². The molecule has 1 amide bonds. The number of hydrogen-bond donors (Lipinski definition) is 0. The van der Waals surface area contributed by atoms with Crippen molar-refractivity contribution in [1.82, 2.24) is 4.90 Å². The lowest BCUT2D eigenvalue weighted by molar-refractivity contribution is -0.120. The third-order valence-electron chi connectivity index (χ3n) is 4.96. The van der Waals surface area contributed by atoms with E-state index in [1.54, 1.807) is 29.2 Å². The third-order valence-corrected chi connectivity index (χ3v) is 6.26. The van der Waals surface area contributed by atoms with E-state index in [9.17, 15) is 17.6 Å². The van der Waals surface area contributed by atoms with Gasteiger partial charge in [-0.2, -0.15) is 8.42 Å². The van der Waals surface area contributed by atoms with E-state index < -0.39 is 10.1 Å². The highest BCUT2D eigenvalue weighted by atomic mass is 32.2. The molecule has 1 heterocycles. The second-order valence-electron chi connectivity index (χ2n) is 6.86. The number of amides is 1. The van der Waals surface area contributed by atoms with Crippen LogP contribution >= 0.6 is 0 Å². The monoisotopic (exact) mass is 391 g/mol. The first-order valence-electron chi connectivity index (χ1n) is 8.80. The Balaban J connectivity index is 1.76. The van der Waals surface area contributed by atoms with Crippen LogP contribution in [0.5, 0.6) is 0 Å². The van der Waals surface area contributed by atoms with Crippen LogP contribution in [0, 0.1) is 18.7 Å². The van der Waals surface area contributed by atoms with Gasteiger partial charge in [-0.1, -0.05) is 29.8 Å². The fourth-order valence-electron chi connectivity index (χ4n) is 3.42. The van der Waals surface area contributed by atoms with Gasteiger partial charge in [-0.15, -0.1) is 0 Å². The van der Waals surface area contributed by atoms with Gasteiger partial charge in [-0.05, 0) is 49.1 Å². The number of hydrogen-bond acceptors (Lipinski definition) is 4. The number of piperidine rings is 1. The van der Waals surface area contributed by atoms with Crippen molar-refractivity contribution >= 4 is 16.5 Å². The molecule has 1 fully saturated rings. The summed E-state index contributed by atoms with van der Waals surface area (Å²) < 4.78 is 43.5. The summed E-state index contributed by atoms with van der Waals surface area (Å²) in [7, 11) is -3.88. The second-order valence-corrected chi connectivity index (χ2v) is 8.47. The van der Waals surface area contributed by atoms with Gasteiger partial charge in [0, 0.05) is 19.0 Å². The fraction of sp³-hybridized carbons (Fsp3) is 0.350. The molecule has 5 nitrogen and oxygen atoms in total. The van der Waals surface area contributed by atoms with Gasteiger partial charge in [0.25, 0.3) is 10.1 Å². The molecule has 3 rings (SSSR count). The lowest BCUT2D eigenvalue weighted by atomic mass is 9.81. The van der Waals surface area contributed by atoms with Gasteiger partial charge >= 0.3 is 0 Å². The highest BCUT2D eigenvalue weighted by Crippen LogP contribution is 2.33. The van der Waals surface area contributed by atoms with Crippen LogP contribution in [0.15, 0.2) is 53.4 Å². The van der Waals surface area contributed by atoms with Crippen LogP contribution < -0.4 is 0 Å². The number of halogens is 1. The average Bonchev–Trinajstić information content (AvgIpc) is 2.67. The smallest absolute Gasteiger partial charge is 0.296 e. The van der Waals surface area contributed by atoms with Crippen molar-refractivity contribution in [1.29, 1.82) is 0 Å². The van der Waals surface area contributed by atoms with E-state index in [0.717, 1.165) is 17.5 Å². The summed E-state index contributed by atoms with van der Waals surface area (Å²) in [6.07, 6.45) is 1.44. The molecule has 2 atom stereocenters. The quantitative estimate of drug-likeness (QED) is 0.561. The molecular formula is C20H22FNO4S. The van der Waals surface area contributed by atoms with E-state index in [-0.39, 0.29) is 29.2 Å². The van der Waals surface area contributed by atoms with Crippen LogP contribution in [-0.4, -0.2) is 39.4 Å². The average molecular weight is 391 g/mol. The van der Waals surface area contributed by atoms with Gasteiger partial charge in [0.1, 0.15) is 5.82 Å². The molecule has 144 valence electrons. The van der Waals surface area contributed by atoms with Crippen molar-refractivity contribution in [3.8, 4) is 0 Å². The zero-order valence-corrected chi connectivity index (χ0v) is 15.9. The van der Waals surface area contributed by atoms with Crippen molar-refractivity contribution < 1.29 is 21.8 Å². The predicted octanol–water partition coefficient (Wildman–Crippen LogP) is 3.10. The SMILES string of the molecule is Cc1ccc(S(=O)(=O)OCC2CN(C=O)CCC2c2ccc(F)cc2)cc1. The van der Waals surface area contributed by atoms with Gasteiger partial charge in [0.15, 0.2) is 0 Å². The van der Waals surface area contributed by atoms with Gasteiger partial charge in [-0.25, -0.2) is 4.39 Å². The number of carbonyl (C=O) groups excluding carboxylic acids is 1. The summed E-state index contributed by atoms with van der Waals surface area (Å²) in [5, 5.41) is 0. The molecule has 7 heteroatoms. The molecular weight excluding hydrogens is 369 g/mol. The number of rotatable bonds is 6. The predicted molar refractivity (Wildman–Crippen MR) is 99.2 cm³/mol. The fourth-order valence-corrected chi connectivity index (χ4v) is 4.38. The van der Waals surface area contributed by atoms with E-state index in [1.807, 2.05) is 6.92 Å². The molecule has 0 bridgehead atoms. The topological polar surface area (TPSA) is 63.7 Å². The first-order valence-corrected chi connectivity index (χ1v) is 10.2. The molecule has 2 aromatic rings. The molecule has 2 unspecified atom stereocenters. The van der Waals surface area contributed by atoms with E-state index in [2.05, 4.69) is 0 Å². The van der Waals surface area contributed by atoms with Crippen LogP contribution in [0.3, 0.4) is 0 Å². The standard InChI is InChI=1S/C20H22FNO4S/c1-15-2-8-19(9-3-15)27(24,25)26-13-17-12-22(14-23)11-10-20(17)16-4-6-18(21)7-5-16/h2-9,14,17,20H,10-13H2,1H3. The lowest BCUT2D eigenvalue weighted by Gasteiger charge is -2.36. The maximum absolute atomic E-state index is 13.2. The molecule has 2 aromatic carbocycles. The molecule has 0 aliphatic carbocycles. The van der Waals surface area contributed by atoms with E-state index in [4.69, 9.17) is 4.18 Å².